The van der Waals surface area contributed by atoms with E-state index in [2.05, 4.69) is 15.9 Å². The van der Waals surface area contributed by atoms with Crippen LogP contribution >= 0.6 is 15.9 Å². The molecular formula is C8H8BrNO4S. The van der Waals surface area contributed by atoms with Gasteiger partial charge in [-0.25, -0.2) is 13.2 Å². The quantitative estimate of drug-likeness (QED) is 0.880. The van der Waals surface area contributed by atoms with E-state index in [0.717, 1.165) is 0 Å². The molecule has 82 valence electrons. The van der Waals surface area contributed by atoms with E-state index in [1.807, 2.05) is 0 Å². The molecule has 0 atom stereocenters. The van der Waals surface area contributed by atoms with Crippen molar-refractivity contribution < 1.29 is 18.3 Å². The van der Waals surface area contributed by atoms with Crippen molar-refractivity contribution in [1.29, 1.82) is 0 Å². The molecule has 0 radical (unpaired) electrons. The Morgan fingerprint density at radius 3 is 2.60 bits per heavy atom. The van der Waals surface area contributed by atoms with Gasteiger partial charge in [0.1, 0.15) is 5.69 Å². The number of rotatable bonds is 2. The fraction of sp³-hybridized carbons (Fsp3) is 0.375. The fourth-order valence-electron chi connectivity index (χ4n) is 1.62. The number of carboxylic acids is 1. The molecular weight excluding hydrogens is 286 g/mol. The molecule has 2 heterocycles. The minimum absolute atomic E-state index is 0.0222. The molecule has 1 aliphatic heterocycles. The number of hydrogen-bond donors (Lipinski definition) is 1. The van der Waals surface area contributed by atoms with Gasteiger partial charge in [-0.3, -0.25) is 0 Å². The third kappa shape index (κ3) is 1.93. The molecule has 0 spiro atoms. The first-order valence-corrected chi connectivity index (χ1v) is 6.81. The second-order valence-electron chi connectivity index (χ2n) is 3.49. The first-order chi connectivity index (χ1) is 6.89. The van der Waals surface area contributed by atoms with Crippen molar-refractivity contribution in [2.45, 2.75) is 6.04 Å². The van der Waals surface area contributed by atoms with Gasteiger partial charge in [0.05, 0.1) is 17.5 Å². The topological polar surface area (TPSA) is 76.4 Å². The predicted molar refractivity (Wildman–Crippen MR) is 56.8 cm³/mol. The van der Waals surface area contributed by atoms with Gasteiger partial charge < -0.3 is 9.67 Å². The zero-order chi connectivity index (χ0) is 11.2. The van der Waals surface area contributed by atoms with Crippen molar-refractivity contribution in [2.24, 2.45) is 0 Å². The number of aromatic carboxylic acids is 1. The summed E-state index contributed by atoms with van der Waals surface area (Å²) in [5.41, 5.74) is 0.113. The second kappa shape index (κ2) is 3.34. The van der Waals surface area contributed by atoms with Gasteiger partial charge in [-0.05, 0) is 22.0 Å². The monoisotopic (exact) mass is 293 g/mol. The summed E-state index contributed by atoms with van der Waals surface area (Å²) in [6.07, 6.45) is 1.60. The molecule has 0 aromatic carbocycles. The van der Waals surface area contributed by atoms with Crippen molar-refractivity contribution in [3.63, 3.8) is 0 Å². The number of sulfone groups is 1. The number of nitrogens with zero attached hydrogens (tertiary/aromatic N) is 1. The Kier molecular flexibility index (Phi) is 2.38. The Bertz CT molecular complexity index is 507. The highest BCUT2D eigenvalue weighted by Crippen LogP contribution is 2.28. The van der Waals surface area contributed by atoms with Crippen LogP contribution in [0.2, 0.25) is 0 Å². The average molecular weight is 294 g/mol. The number of carboxylic acid groups (broad SMARTS) is 1. The number of halogens is 1. The Hall–Kier alpha value is -0.820. The first-order valence-electron chi connectivity index (χ1n) is 4.20. The fourth-order valence-corrected chi connectivity index (χ4v) is 3.45. The summed E-state index contributed by atoms with van der Waals surface area (Å²) >= 11 is 3.17. The van der Waals surface area contributed by atoms with Crippen molar-refractivity contribution in [1.82, 2.24) is 4.57 Å². The lowest BCUT2D eigenvalue weighted by molar-refractivity contribution is 0.0683. The van der Waals surface area contributed by atoms with Crippen molar-refractivity contribution >= 4 is 31.7 Å². The van der Waals surface area contributed by atoms with Crippen LogP contribution in [0.25, 0.3) is 0 Å². The summed E-state index contributed by atoms with van der Waals surface area (Å²) in [5.74, 6) is -1.01. The van der Waals surface area contributed by atoms with E-state index >= 15 is 0 Å². The summed E-state index contributed by atoms with van der Waals surface area (Å²) in [4.78, 5) is 10.8. The minimum Gasteiger partial charge on any atom is -0.477 e. The minimum atomic E-state index is -2.94. The number of hydrogen-bond acceptors (Lipinski definition) is 3. The highest BCUT2D eigenvalue weighted by atomic mass is 79.9. The van der Waals surface area contributed by atoms with Gasteiger partial charge in [0.25, 0.3) is 0 Å². The van der Waals surface area contributed by atoms with E-state index < -0.39 is 15.8 Å². The molecule has 0 bridgehead atoms. The van der Waals surface area contributed by atoms with Crippen molar-refractivity contribution in [3.05, 3.63) is 22.4 Å². The molecule has 1 aromatic rings. The third-order valence-electron chi connectivity index (χ3n) is 2.32. The average Bonchev–Trinajstić information content (AvgIpc) is 2.42. The van der Waals surface area contributed by atoms with Crippen molar-refractivity contribution in [3.8, 4) is 0 Å². The van der Waals surface area contributed by atoms with E-state index in [9.17, 15) is 13.2 Å². The van der Waals surface area contributed by atoms with Crippen LogP contribution in [0.15, 0.2) is 16.7 Å². The highest BCUT2D eigenvalue weighted by molar-refractivity contribution is 9.10. The second-order valence-corrected chi connectivity index (χ2v) is 6.56. The molecule has 1 aromatic heterocycles. The Morgan fingerprint density at radius 2 is 2.13 bits per heavy atom. The summed E-state index contributed by atoms with van der Waals surface area (Å²) < 4.78 is 24.1. The van der Waals surface area contributed by atoms with Crippen LogP contribution in [-0.4, -0.2) is 35.6 Å². The molecule has 1 aliphatic rings. The Morgan fingerprint density at radius 1 is 1.53 bits per heavy atom. The predicted octanol–water partition coefficient (Wildman–Crippen LogP) is 0.918. The lowest BCUT2D eigenvalue weighted by Crippen LogP contribution is -2.38. The zero-order valence-electron chi connectivity index (χ0n) is 7.55. The van der Waals surface area contributed by atoms with Crippen LogP contribution in [0, 0.1) is 0 Å². The van der Waals surface area contributed by atoms with Gasteiger partial charge in [0.2, 0.25) is 0 Å². The van der Waals surface area contributed by atoms with Gasteiger partial charge >= 0.3 is 5.97 Å². The molecule has 0 aliphatic carbocycles. The normalized spacial score (nSPS) is 19.8. The largest absolute Gasteiger partial charge is 0.477 e. The summed E-state index contributed by atoms with van der Waals surface area (Å²) in [7, 11) is -2.94. The van der Waals surface area contributed by atoms with Gasteiger partial charge in [-0.2, -0.15) is 0 Å². The molecule has 15 heavy (non-hydrogen) atoms. The van der Waals surface area contributed by atoms with E-state index in [1.165, 1.54) is 10.6 Å². The van der Waals surface area contributed by atoms with E-state index in [-0.39, 0.29) is 23.2 Å². The van der Waals surface area contributed by atoms with Crippen LogP contribution in [-0.2, 0) is 9.84 Å². The van der Waals surface area contributed by atoms with Crippen LogP contribution in [0.1, 0.15) is 16.5 Å². The molecule has 2 rings (SSSR count). The molecule has 5 nitrogen and oxygen atoms in total. The maximum atomic E-state index is 11.0. The Balaban J connectivity index is 2.33. The lowest BCUT2D eigenvalue weighted by Gasteiger charge is -2.28. The van der Waals surface area contributed by atoms with Gasteiger partial charge in [0.15, 0.2) is 9.84 Å². The summed E-state index contributed by atoms with van der Waals surface area (Å²) in [6, 6.07) is 1.22. The molecule has 7 heteroatoms. The standard InChI is InChI=1S/C8H8BrNO4S/c9-5-1-7(8(11)12)10(2-5)6-3-15(13,14)4-6/h1-2,6H,3-4H2,(H,11,12). The maximum absolute atomic E-state index is 11.0. The van der Waals surface area contributed by atoms with Crippen molar-refractivity contribution in [2.75, 3.05) is 11.5 Å². The van der Waals surface area contributed by atoms with Gasteiger partial charge in [-0.15, -0.1) is 0 Å². The molecule has 1 saturated heterocycles. The van der Waals surface area contributed by atoms with E-state index in [4.69, 9.17) is 5.11 Å². The van der Waals surface area contributed by atoms with Gasteiger partial charge in [-0.1, -0.05) is 0 Å². The lowest BCUT2D eigenvalue weighted by atomic mass is 10.3. The van der Waals surface area contributed by atoms with Crippen LogP contribution in [0.3, 0.4) is 0 Å². The molecule has 0 amide bonds. The van der Waals surface area contributed by atoms with E-state index in [1.54, 1.807) is 6.20 Å². The van der Waals surface area contributed by atoms with Crippen LogP contribution in [0.4, 0.5) is 0 Å². The summed E-state index contributed by atoms with van der Waals surface area (Å²) in [6.45, 7) is 0. The molecule has 1 fully saturated rings. The molecule has 1 N–H and O–H groups in total. The molecule has 0 unspecified atom stereocenters. The van der Waals surface area contributed by atoms with E-state index in [0.29, 0.717) is 4.47 Å². The molecule has 0 saturated carbocycles. The SMILES string of the molecule is O=C(O)c1cc(Br)cn1C1CS(=O)(=O)C1. The number of carbonyl (C=O) groups is 1. The Labute approximate surface area is 94.8 Å². The van der Waals surface area contributed by atoms with Gasteiger partial charge in [0, 0.05) is 10.7 Å². The van der Waals surface area contributed by atoms with Crippen LogP contribution < -0.4 is 0 Å². The maximum Gasteiger partial charge on any atom is 0.352 e. The number of aromatic nitrogens is 1. The third-order valence-corrected chi connectivity index (χ3v) is 4.54. The zero-order valence-corrected chi connectivity index (χ0v) is 9.95. The first kappa shape index (κ1) is 10.7. The summed E-state index contributed by atoms with van der Waals surface area (Å²) in [5, 5.41) is 8.89. The smallest absolute Gasteiger partial charge is 0.352 e. The highest BCUT2D eigenvalue weighted by Gasteiger charge is 2.36. The van der Waals surface area contributed by atoms with Crippen LogP contribution in [0.5, 0.6) is 0 Å².